The highest BCUT2D eigenvalue weighted by Crippen LogP contribution is 2.46. The van der Waals surface area contributed by atoms with Gasteiger partial charge in [0.15, 0.2) is 0 Å². The van der Waals surface area contributed by atoms with Crippen LogP contribution in [0.5, 0.6) is 5.75 Å². The van der Waals surface area contributed by atoms with Crippen LogP contribution in [0.25, 0.3) is 0 Å². The van der Waals surface area contributed by atoms with E-state index in [1.807, 2.05) is 19.1 Å². The van der Waals surface area contributed by atoms with Crippen LogP contribution in [0, 0.1) is 12.3 Å². The summed E-state index contributed by atoms with van der Waals surface area (Å²) in [5.41, 5.74) is 1.81. The monoisotopic (exact) mass is 373 g/mol. The van der Waals surface area contributed by atoms with E-state index >= 15 is 0 Å². The minimum Gasteiger partial charge on any atom is -0.491 e. The smallest absolute Gasteiger partial charge is 0.235 e. The summed E-state index contributed by atoms with van der Waals surface area (Å²) in [7, 11) is 0. The van der Waals surface area contributed by atoms with Gasteiger partial charge in [0.1, 0.15) is 18.5 Å². The number of rotatable bonds is 5. The van der Waals surface area contributed by atoms with E-state index in [0.717, 1.165) is 31.2 Å². The molecule has 5 nitrogen and oxygen atoms in total. The van der Waals surface area contributed by atoms with Gasteiger partial charge in [-0.2, -0.15) is 0 Å². The number of ether oxygens (including phenoxy) is 1. The van der Waals surface area contributed by atoms with Crippen LogP contribution in [0.4, 0.5) is 0 Å². The van der Waals surface area contributed by atoms with Crippen molar-refractivity contribution in [3.63, 3.8) is 0 Å². The van der Waals surface area contributed by atoms with E-state index in [2.05, 4.69) is 26.8 Å². The van der Waals surface area contributed by atoms with Gasteiger partial charge >= 0.3 is 0 Å². The minimum absolute atomic E-state index is 0.0124. The lowest BCUT2D eigenvalue weighted by molar-refractivity contribution is -0.143. The quantitative estimate of drug-likeness (QED) is 0.804. The van der Waals surface area contributed by atoms with Crippen LogP contribution >= 0.6 is 0 Å². The third-order valence-electron chi connectivity index (χ3n) is 5.92. The summed E-state index contributed by atoms with van der Waals surface area (Å²) < 4.78 is 5.76. The largest absolute Gasteiger partial charge is 0.491 e. The van der Waals surface area contributed by atoms with Crippen LogP contribution in [0.1, 0.15) is 64.0 Å². The molecule has 1 aromatic rings. The second kappa shape index (κ2) is 7.27. The first-order valence-corrected chi connectivity index (χ1v) is 9.89. The molecule has 0 bridgehead atoms. The van der Waals surface area contributed by atoms with Crippen LogP contribution in [0.3, 0.4) is 0 Å². The van der Waals surface area contributed by atoms with Crippen molar-refractivity contribution in [3.8, 4) is 5.75 Å². The number of carbonyl (C=O) groups excluding carboxylic acids is 2. The zero-order chi connectivity index (χ0) is 19.8. The Labute approximate surface area is 161 Å². The predicted octanol–water partition coefficient (Wildman–Crippen LogP) is 3.35. The summed E-state index contributed by atoms with van der Waals surface area (Å²) in [6, 6.07) is 6.05. The number of hydrogen-bond donors (Lipinski definition) is 1. The summed E-state index contributed by atoms with van der Waals surface area (Å²) in [5.74, 6) is 0.454. The zero-order valence-corrected chi connectivity index (χ0v) is 16.9. The molecule has 2 amide bonds. The molecule has 3 rings (SSSR count). The van der Waals surface area contributed by atoms with Crippen LogP contribution in [0.15, 0.2) is 18.2 Å². The molecule has 2 fully saturated rings. The highest BCUT2D eigenvalue weighted by molar-refractivity contribution is 6.06. The molecule has 1 aliphatic heterocycles. The first-order valence-electron chi connectivity index (χ1n) is 9.89. The van der Waals surface area contributed by atoms with Crippen molar-refractivity contribution in [1.82, 2.24) is 4.90 Å². The molecule has 2 aliphatic rings. The molecule has 1 saturated carbocycles. The average molecular weight is 373 g/mol. The number of amides is 2. The molecule has 1 spiro atoms. The lowest BCUT2D eigenvalue weighted by atomic mass is 9.84. The molecular weight excluding hydrogens is 342 g/mol. The van der Waals surface area contributed by atoms with Gasteiger partial charge in [-0.1, -0.05) is 45.7 Å². The van der Waals surface area contributed by atoms with Gasteiger partial charge in [-0.25, -0.2) is 0 Å². The molecule has 5 heteroatoms. The van der Waals surface area contributed by atoms with Crippen molar-refractivity contribution >= 4 is 11.8 Å². The van der Waals surface area contributed by atoms with Crippen molar-refractivity contribution in [1.29, 1.82) is 0 Å². The van der Waals surface area contributed by atoms with Gasteiger partial charge in [-0.3, -0.25) is 14.5 Å². The average Bonchev–Trinajstić information content (AvgIpc) is 3.14. The van der Waals surface area contributed by atoms with E-state index < -0.39 is 11.5 Å². The highest BCUT2D eigenvalue weighted by Gasteiger charge is 2.52. The summed E-state index contributed by atoms with van der Waals surface area (Å²) in [5, 5.41) is 10.3. The third kappa shape index (κ3) is 4.03. The first-order chi connectivity index (χ1) is 12.6. The van der Waals surface area contributed by atoms with E-state index in [-0.39, 0.29) is 30.4 Å². The Bertz CT molecular complexity index is 728. The summed E-state index contributed by atoms with van der Waals surface area (Å²) in [4.78, 5) is 26.2. The van der Waals surface area contributed by atoms with Crippen molar-refractivity contribution < 1.29 is 19.4 Å². The Kier molecular flexibility index (Phi) is 5.35. The van der Waals surface area contributed by atoms with Crippen LogP contribution < -0.4 is 4.74 Å². The predicted molar refractivity (Wildman–Crippen MR) is 104 cm³/mol. The van der Waals surface area contributed by atoms with Gasteiger partial charge in [0.05, 0.1) is 12.0 Å². The van der Waals surface area contributed by atoms with E-state index in [0.29, 0.717) is 12.2 Å². The fourth-order valence-corrected chi connectivity index (χ4v) is 4.21. The Morgan fingerprint density at radius 1 is 1.22 bits per heavy atom. The lowest BCUT2D eigenvalue weighted by Gasteiger charge is -2.23. The van der Waals surface area contributed by atoms with E-state index in [9.17, 15) is 14.7 Å². The van der Waals surface area contributed by atoms with E-state index in [1.165, 1.54) is 10.5 Å². The van der Waals surface area contributed by atoms with Crippen molar-refractivity contribution in [2.24, 2.45) is 5.41 Å². The second-order valence-corrected chi connectivity index (χ2v) is 9.17. The maximum Gasteiger partial charge on any atom is 0.235 e. The Balaban J connectivity index is 1.58. The molecule has 1 atom stereocenters. The molecule has 0 aromatic heterocycles. The number of carbonyl (C=O) groups is 2. The Morgan fingerprint density at radius 3 is 2.48 bits per heavy atom. The molecule has 27 heavy (non-hydrogen) atoms. The van der Waals surface area contributed by atoms with E-state index in [1.54, 1.807) is 0 Å². The van der Waals surface area contributed by atoms with Gasteiger partial charge in [-0.15, -0.1) is 0 Å². The highest BCUT2D eigenvalue weighted by atomic mass is 16.5. The number of imide groups is 1. The van der Waals surface area contributed by atoms with Gasteiger partial charge in [0.25, 0.3) is 0 Å². The summed E-state index contributed by atoms with van der Waals surface area (Å²) in [6.07, 6.45) is 2.99. The van der Waals surface area contributed by atoms with Crippen molar-refractivity contribution in [3.05, 3.63) is 29.3 Å². The van der Waals surface area contributed by atoms with Crippen molar-refractivity contribution in [2.75, 3.05) is 13.2 Å². The maximum atomic E-state index is 12.7. The number of nitrogens with zero attached hydrogens (tertiary/aromatic N) is 1. The minimum atomic E-state index is -0.892. The number of benzene rings is 1. The molecule has 1 N–H and O–H groups in total. The normalized spacial score (nSPS) is 20.6. The Hall–Kier alpha value is -1.88. The fourth-order valence-electron chi connectivity index (χ4n) is 4.21. The van der Waals surface area contributed by atoms with Crippen LogP contribution in [-0.4, -0.2) is 41.1 Å². The number of aryl methyl sites for hydroxylation is 1. The number of hydrogen-bond acceptors (Lipinski definition) is 4. The molecule has 1 saturated heterocycles. The molecule has 1 aliphatic carbocycles. The molecular formula is C22H31NO4. The van der Waals surface area contributed by atoms with Gasteiger partial charge in [0, 0.05) is 6.42 Å². The van der Waals surface area contributed by atoms with Gasteiger partial charge in [-0.05, 0) is 42.4 Å². The summed E-state index contributed by atoms with van der Waals surface area (Å²) in [6.45, 7) is 8.53. The SMILES string of the molecule is Cc1cc(C(C)(C)C)ccc1OCC(O)CN1C(=O)CC2(CCCC2)C1=O. The third-order valence-corrected chi connectivity index (χ3v) is 5.92. The number of β-amino-alcohol motifs (C(OH)–C–C–N with tert-alkyl or cyclic N) is 1. The number of aliphatic hydroxyl groups is 1. The number of aliphatic hydroxyl groups excluding tert-OH is 1. The molecule has 1 aromatic carbocycles. The molecule has 1 unspecified atom stereocenters. The first kappa shape index (κ1) is 19.9. The summed E-state index contributed by atoms with van der Waals surface area (Å²) >= 11 is 0. The molecule has 1 heterocycles. The lowest BCUT2D eigenvalue weighted by Crippen LogP contribution is -2.41. The topological polar surface area (TPSA) is 66.8 Å². The molecule has 148 valence electrons. The Morgan fingerprint density at radius 2 is 1.89 bits per heavy atom. The molecule has 0 radical (unpaired) electrons. The van der Waals surface area contributed by atoms with Gasteiger partial charge in [0.2, 0.25) is 11.8 Å². The zero-order valence-electron chi connectivity index (χ0n) is 16.9. The standard InChI is InChI=1S/C22H31NO4/c1-15-11-16(21(2,3)4)7-8-18(15)27-14-17(24)13-23-19(25)12-22(20(23)26)9-5-6-10-22/h7-8,11,17,24H,5-6,9-10,12-14H2,1-4H3. The number of likely N-dealkylation sites (tertiary alicyclic amines) is 1. The van der Waals surface area contributed by atoms with Crippen molar-refractivity contribution in [2.45, 2.75) is 71.3 Å². The van der Waals surface area contributed by atoms with E-state index in [4.69, 9.17) is 4.74 Å². The van der Waals surface area contributed by atoms with Gasteiger partial charge < -0.3 is 9.84 Å². The van der Waals surface area contributed by atoms with Crippen LogP contribution in [-0.2, 0) is 15.0 Å². The fraction of sp³-hybridized carbons (Fsp3) is 0.636. The maximum absolute atomic E-state index is 12.7. The second-order valence-electron chi connectivity index (χ2n) is 9.17. The van der Waals surface area contributed by atoms with Crippen LogP contribution in [0.2, 0.25) is 0 Å².